The summed E-state index contributed by atoms with van der Waals surface area (Å²) in [5.41, 5.74) is 1.96. The van der Waals surface area contributed by atoms with Gasteiger partial charge in [0.25, 0.3) is 0 Å². The largest absolute Gasteiger partial charge is 0.478 e. The number of ether oxygens (including phenoxy) is 1. The van der Waals surface area contributed by atoms with Crippen LogP contribution in [-0.4, -0.2) is 29.8 Å². The van der Waals surface area contributed by atoms with Crippen molar-refractivity contribution in [2.24, 2.45) is 0 Å². The Morgan fingerprint density at radius 2 is 2.14 bits per heavy atom. The molecule has 1 aliphatic carbocycles. The van der Waals surface area contributed by atoms with Gasteiger partial charge >= 0.3 is 5.82 Å². The molecular formula is C23H20BrFN6O4. The zero-order chi connectivity index (χ0) is 24.5. The van der Waals surface area contributed by atoms with Crippen LogP contribution in [0.2, 0.25) is 0 Å². The molecule has 5 rings (SSSR count). The summed E-state index contributed by atoms with van der Waals surface area (Å²) in [5, 5.41) is 19.9. The summed E-state index contributed by atoms with van der Waals surface area (Å²) in [7, 11) is 0. The molecule has 0 saturated heterocycles. The molecule has 1 atom stereocenters. The van der Waals surface area contributed by atoms with E-state index in [0.29, 0.717) is 39.6 Å². The average Bonchev–Trinajstić information content (AvgIpc) is 3.42. The Balaban J connectivity index is 1.45. The topological polar surface area (TPSA) is 122 Å². The smallest absolute Gasteiger partial charge is 0.406 e. The average molecular weight is 543 g/mol. The van der Waals surface area contributed by atoms with E-state index < -0.39 is 22.7 Å². The SMILES string of the molecule is C[C@@H](Oc1cc(Br)cnc1[N+](=O)[O-])c1cc(F)ccc1-c1ncnn1Cc1cc(C2CCC2)no1. The van der Waals surface area contributed by atoms with Crippen LogP contribution in [0.4, 0.5) is 10.2 Å². The van der Waals surface area contributed by atoms with Gasteiger partial charge in [0.15, 0.2) is 17.8 Å². The third-order valence-electron chi connectivity index (χ3n) is 5.99. The maximum Gasteiger partial charge on any atom is 0.406 e. The van der Waals surface area contributed by atoms with Gasteiger partial charge in [0, 0.05) is 29.2 Å². The Kier molecular flexibility index (Phi) is 6.29. The van der Waals surface area contributed by atoms with Crippen LogP contribution in [0, 0.1) is 15.9 Å². The van der Waals surface area contributed by atoms with E-state index in [-0.39, 0.29) is 5.75 Å². The van der Waals surface area contributed by atoms with E-state index >= 15 is 0 Å². The lowest BCUT2D eigenvalue weighted by molar-refractivity contribution is -0.390. The Morgan fingerprint density at radius 1 is 1.31 bits per heavy atom. The zero-order valence-electron chi connectivity index (χ0n) is 18.6. The minimum absolute atomic E-state index is 0.0428. The molecule has 1 fully saturated rings. The van der Waals surface area contributed by atoms with E-state index in [2.05, 4.69) is 36.2 Å². The third-order valence-corrected chi connectivity index (χ3v) is 6.42. The molecule has 1 aromatic carbocycles. The lowest BCUT2D eigenvalue weighted by Crippen LogP contribution is -2.10. The molecule has 0 spiro atoms. The summed E-state index contributed by atoms with van der Waals surface area (Å²) in [6.07, 6.45) is 5.38. The predicted octanol–water partition coefficient (Wildman–Crippen LogP) is 5.59. The molecule has 12 heteroatoms. The Hall–Kier alpha value is -3.67. The molecule has 4 aromatic rings. The molecule has 3 aromatic heterocycles. The molecule has 1 aliphatic rings. The van der Waals surface area contributed by atoms with Crippen molar-refractivity contribution in [1.29, 1.82) is 0 Å². The fourth-order valence-corrected chi connectivity index (χ4v) is 4.31. The molecule has 3 heterocycles. The first-order valence-corrected chi connectivity index (χ1v) is 11.8. The van der Waals surface area contributed by atoms with Gasteiger partial charge < -0.3 is 19.4 Å². The monoisotopic (exact) mass is 542 g/mol. The van der Waals surface area contributed by atoms with Gasteiger partial charge in [0.05, 0.1) is 10.2 Å². The number of nitro groups is 1. The first kappa shape index (κ1) is 23.1. The minimum Gasteiger partial charge on any atom is -0.478 e. The summed E-state index contributed by atoms with van der Waals surface area (Å²) in [6.45, 7) is 1.97. The number of rotatable bonds is 8. The normalized spacial score (nSPS) is 14.5. The van der Waals surface area contributed by atoms with E-state index in [0.717, 1.165) is 18.5 Å². The molecule has 0 radical (unpaired) electrons. The first-order valence-electron chi connectivity index (χ1n) is 11.0. The van der Waals surface area contributed by atoms with Crippen molar-refractivity contribution in [1.82, 2.24) is 24.9 Å². The summed E-state index contributed by atoms with van der Waals surface area (Å²) in [6, 6.07) is 7.60. The number of aromatic nitrogens is 5. The molecule has 0 bridgehead atoms. The van der Waals surface area contributed by atoms with Crippen molar-refractivity contribution < 1.29 is 18.6 Å². The van der Waals surface area contributed by atoms with Gasteiger partial charge in [-0.15, -0.1) is 0 Å². The van der Waals surface area contributed by atoms with Gasteiger partial charge in [-0.1, -0.05) is 11.6 Å². The van der Waals surface area contributed by atoms with Gasteiger partial charge in [-0.05, 0) is 63.8 Å². The molecule has 0 aliphatic heterocycles. The van der Waals surface area contributed by atoms with E-state index in [1.807, 2.05) is 6.07 Å². The second kappa shape index (κ2) is 9.53. The third kappa shape index (κ3) is 4.78. The summed E-state index contributed by atoms with van der Waals surface area (Å²) in [5.74, 6) is 0.599. The number of halogens is 2. The van der Waals surface area contributed by atoms with Crippen molar-refractivity contribution in [2.45, 2.75) is 44.8 Å². The molecule has 0 N–H and O–H groups in total. The highest BCUT2D eigenvalue weighted by Crippen LogP contribution is 2.37. The molecule has 0 amide bonds. The second-order valence-electron chi connectivity index (χ2n) is 8.31. The number of hydrogen-bond acceptors (Lipinski definition) is 8. The molecule has 0 unspecified atom stereocenters. The Morgan fingerprint density at radius 3 is 2.89 bits per heavy atom. The highest BCUT2D eigenvalue weighted by atomic mass is 79.9. The highest BCUT2D eigenvalue weighted by molar-refractivity contribution is 9.10. The Labute approximate surface area is 207 Å². The fraction of sp³-hybridized carbons (Fsp3) is 0.304. The van der Waals surface area contributed by atoms with Crippen molar-refractivity contribution >= 4 is 21.7 Å². The number of benzene rings is 1. The van der Waals surface area contributed by atoms with Crippen LogP contribution >= 0.6 is 15.9 Å². The zero-order valence-corrected chi connectivity index (χ0v) is 20.2. The van der Waals surface area contributed by atoms with Crippen LogP contribution in [0.25, 0.3) is 11.4 Å². The van der Waals surface area contributed by atoms with Crippen LogP contribution in [0.3, 0.4) is 0 Å². The van der Waals surface area contributed by atoms with Gasteiger partial charge in [0.2, 0.25) is 5.75 Å². The Bertz CT molecular complexity index is 1390. The summed E-state index contributed by atoms with van der Waals surface area (Å²) >= 11 is 3.25. The van der Waals surface area contributed by atoms with Crippen LogP contribution in [0.15, 0.2) is 51.9 Å². The molecule has 1 saturated carbocycles. The van der Waals surface area contributed by atoms with Crippen LogP contribution in [0.5, 0.6) is 5.75 Å². The predicted molar refractivity (Wildman–Crippen MR) is 125 cm³/mol. The highest BCUT2D eigenvalue weighted by Gasteiger charge is 2.25. The van der Waals surface area contributed by atoms with Gasteiger partial charge in [0.1, 0.15) is 24.8 Å². The van der Waals surface area contributed by atoms with Crippen LogP contribution in [-0.2, 0) is 6.54 Å². The molecule has 10 nitrogen and oxygen atoms in total. The quantitative estimate of drug-likeness (QED) is 0.208. The van der Waals surface area contributed by atoms with Crippen molar-refractivity contribution in [2.75, 3.05) is 0 Å². The van der Waals surface area contributed by atoms with E-state index in [1.54, 1.807) is 17.7 Å². The van der Waals surface area contributed by atoms with Crippen molar-refractivity contribution in [3.63, 3.8) is 0 Å². The molecule has 35 heavy (non-hydrogen) atoms. The second-order valence-corrected chi connectivity index (χ2v) is 9.23. The molecular weight excluding hydrogens is 523 g/mol. The summed E-state index contributed by atoms with van der Waals surface area (Å²) < 4.78 is 27.8. The minimum atomic E-state index is -0.767. The van der Waals surface area contributed by atoms with Crippen molar-refractivity contribution in [3.8, 4) is 17.1 Å². The number of pyridine rings is 1. The summed E-state index contributed by atoms with van der Waals surface area (Å²) in [4.78, 5) is 19.0. The maximum atomic E-state index is 14.3. The van der Waals surface area contributed by atoms with Gasteiger partial charge in [-0.2, -0.15) is 5.10 Å². The lowest BCUT2D eigenvalue weighted by atomic mass is 9.83. The number of nitrogens with zero attached hydrogens (tertiary/aromatic N) is 6. The van der Waals surface area contributed by atoms with E-state index in [1.165, 1.54) is 37.1 Å². The fourth-order valence-electron chi connectivity index (χ4n) is 4.00. The van der Waals surface area contributed by atoms with E-state index in [9.17, 15) is 14.5 Å². The van der Waals surface area contributed by atoms with E-state index in [4.69, 9.17) is 9.26 Å². The first-order chi connectivity index (χ1) is 16.9. The van der Waals surface area contributed by atoms with Gasteiger partial charge in [-0.3, -0.25) is 0 Å². The molecule has 180 valence electrons. The number of hydrogen-bond donors (Lipinski definition) is 0. The van der Waals surface area contributed by atoms with Crippen LogP contribution < -0.4 is 4.74 Å². The van der Waals surface area contributed by atoms with Gasteiger partial charge in [-0.25, -0.2) is 14.1 Å². The van der Waals surface area contributed by atoms with Crippen molar-refractivity contribution in [3.05, 3.63) is 80.3 Å². The maximum absolute atomic E-state index is 14.3. The lowest BCUT2D eigenvalue weighted by Gasteiger charge is -2.22. The van der Waals surface area contributed by atoms with Crippen LogP contribution in [0.1, 0.15) is 55.2 Å². The standard InChI is InChI=1S/C23H20BrFN6O4/c1-13(34-21-7-15(24)10-26-23(21)31(32)33)19-8-16(25)5-6-18(19)22-27-12-28-30(22)11-17-9-20(29-35-17)14-3-2-4-14/h5-10,12-14H,2-4,11H2,1H3/t13-/m1/s1.